The fourth-order valence-electron chi connectivity index (χ4n) is 5.28. The summed E-state index contributed by atoms with van der Waals surface area (Å²) in [6.07, 6.45) is 4.95. The van der Waals surface area contributed by atoms with Gasteiger partial charge in [-0.05, 0) is 50.3 Å². The Morgan fingerprint density at radius 1 is 1.13 bits per heavy atom. The summed E-state index contributed by atoms with van der Waals surface area (Å²) in [5, 5.41) is 0. The first-order chi connectivity index (χ1) is 10.8. The van der Waals surface area contributed by atoms with Gasteiger partial charge >= 0.3 is 0 Å². The highest BCUT2D eigenvalue weighted by Crippen LogP contribution is 2.71. The van der Waals surface area contributed by atoms with E-state index in [4.69, 9.17) is 4.74 Å². The molecule has 3 unspecified atom stereocenters. The Morgan fingerprint density at radius 3 is 2.35 bits per heavy atom. The number of likely N-dealkylation sites (N-methyl/N-ethyl adjacent to an activating group) is 1. The molecule has 0 N–H and O–H groups in total. The van der Waals surface area contributed by atoms with E-state index in [9.17, 15) is 0 Å². The lowest BCUT2D eigenvalue weighted by molar-refractivity contribution is -0.140. The highest BCUT2D eigenvalue weighted by atomic mass is 16.5. The molecule has 0 radical (unpaired) electrons. The number of fused-ring (bicyclic) bond motifs is 2. The molecule has 2 saturated carbocycles. The number of benzene rings is 1. The van der Waals surface area contributed by atoms with Crippen LogP contribution >= 0.6 is 0 Å². The second-order valence-electron chi connectivity index (χ2n) is 8.80. The maximum atomic E-state index is 6.74. The zero-order chi connectivity index (χ0) is 16.7. The molecule has 2 fully saturated rings. The number of rotatable bonds is 6. The van der Waals surface area contributed by atoms with Crippen molar-refractivity contribution in [1.29, 1.82) is 0 Å². The van der Waals surface area contributed by atoms with Gasteiger partial charge < -0.3 is 9.64 Å². The van der Waals surface area contributed by atoms with Gasteiger partial charge in [0.15, 0.2) is 0 Å². The van der Waals surface area contributed by atoms with E-state index in [0.29, 0.717) is 5.41 Å². The molecule has 2 aliphatic carbocycles. The number of hydrogen-bond acceptors (Lipinski definition) is 2. The van der Waals surface area contributed by atoms with Gasteiger partial charge in [-0.3, -0.25) is 0 Å². The Hall–Kier alpha value is -0.860. The van der Waals surface area contributed by atoms with E-state index < -0.39 is 0 Å². The third-order valence-electron chi connectivity index (χ3n) is 7.27. The van der Waals surface area contributed by atoms with Crippen molar-refractivity contribution in [3.05, 3.63) is 35.9 Å². The SMILES string of the molecule is CN(C)CCOC1(Cc2ccccc2)CC2CCC1(C)C2(C)C. The third kappa shape index (κ3) is 2.64. The summed E-state index contributed by atoms with van der Waals surface area (Å²) in [5.41, 5.74) is 2.06. The molecule has 0 heterocycles. The monoisotopic (exact) mass is 315 g/mol. The van der Waals surface area contributed by atoms with Gasteiger partial charge in [0.2, 0.25) is 0 Å². The van der Waals surface area contributed by atoms with Crippen molar-refractivity contribution in [2.45, 2.75) is 52.1 Å². The Balaban J connectivity index is 1.89. The minimum absolute atomic E-state index is 0.00319. The standard InChI is InChI=1S/C21H33NO/c1-19(2)18-11-12-20(19,3)21(16-18,23-14-13-22(4)5)15-17-9-7-6-8-10-17/h6-10,18H,11-16H2,1-5H3. The summed E-state index contributed by atoms with van der Waals surface area (Å²) in [5.74, 6) is 0.801. The van der Waals surface area contributed by atoms with Crippen molar-refractivity contribution in [3.63, 3.8) is 0 Å². The largest absolute Gasteiger partial charge is 0.373 e. The van der Waals surface area contributed by atoms with Gasteiger partial charge in [-0.2, -0.15) is 0 Å². The lowest BCUT2D eigenvalue weighted by atomic mass is 9.62. The lowest BCUT2D eigenvalue weighted by Crippen LogP contribution is -2.51. The first-order valence-corrected chi connectivity index (χ1v) is 9.13. The van der Waals surface area contributed by atoms with E-state index in [-0.39, 0.29) is 11.0 Å². The molecule has 2 bridgehead atoms. The molecule has 0 saturated heterocycles. The summed E-state index contributed by atoms with van der Waals surface area (Å²) in [6.45, 7) is 9.29. The van der Waals surface area contributed by atoms with E-state index >= 15 is 0 Å². The van der Waals surface area contributed by atoms with E-state index in [0.717, 1.165) is 25.5 Å². The Morgan fingerprint density at radius 2 is 1.83 bits per heavy atom. The molecule has 3 rings (SSSR count). The molecule has 3 atom stereocenters. The van der Waals surface area contributed by atoms with Crippen LogP contribution in [0.3, 0.4) is 0 Å². The van der Waals surface area contributed by atoms with Crippen molar-refractivity contribution in [2.24, 2.45) is 16.7 Å². The van der Waals surface area contributed by atoms with Crippen molar-refractivity contribution >= 4 is 0 Å². The van der Waals surface area contributed by atoms with Crippen LogP contribution in [0.15, 0.2) is 30.3 Å². The van der Waals surface area contributed by atoms with E-state index in [1.165, 1.54) is 24.8 Å². The van der Waals surface area contributed by atoms with Crippen molar-refractivity contribution in [3.8, 4) is 0 Å². The fraction of sp³-hybridized carbons (Fsp3) is 0.714. The van der Waals surface area contributed by atoms with Crippen molar-refractivity contribution < 1.29 is 4.74 Å². The topological polar surface area (TPSA) is 12.5 Å². The molecule has 128 valence electrons. The predicted molar refractivity (Wildman–Crippen MR) is 96.6 cm³/mol. The summed E-state index contributed by atoms with van der Waals surface area (Å²) >= 11 is 0. The summed E-state index contributed by atoms with van der Waals surface area (Å²) in [4.78, 5) is 2.22. The molecule has 2 heteroatoms. The van der Waals surface area contributed by atoms with Gasteiger partial charge in [0.25, 0.3) is 0 Å². The summed E-state index contributed by atoms with van der Waals surface area (Å²) in [7, 11) is 4.25. The molecule has 0 aliphatic heterocycles. The van der Waals surface area contributed by atoms with Gasteiger partial charge in [0.1, 0.15) is 0 Å². The zero-order valence-electron chi connectivity index (χ0n) is 15.6. The highest BCUT2D eigenvalue weighted by Gasteiger charge is 2.69. The second-order valence-corrected chi connectivity index (χ2v) is 8.80. The third-order valence-corrected chi connectivity index (χ3v) is 7.27. The molecule has 0 spiro atoms. The van der Waals surface area contributed by atoms with Crippen LogP contribution in [0.1, 0.15) is 45.6 Å². The average Bonchev–Trinajstić information content (AvgIpc) is 2.80. The summed E-state index contributed by atoms with van der Waals surface area (Å²) in [6, 6.07) is 10.9. The zero-order valence-corrected chi connectivity index (χ0v) is 15.6. The molecule has 1 aromatic carbocycles. The maximum Gasteiger partial charge on any atom is 0.0784 e. The molecule has 0 amide bonds. The number of hydrogen-bond donors (Lipinski definition) is 0. The van der Waals surface area contributed by atoms with E-state index in [2.05, 4.69) is 70.1 Å². The number of nitrogens with zero attached hydrogens (tertiary/aromatic N) is 1. The van der Waals surface area contributed by atoms with Crippen molar-refractivity contribution in [1.82, 2.24) is 4.90 Å². The minimum atomic E-state index is -0.00319. The molecule has 2 aliphatic rings. The Kier molecular flexibility index (Phi) is 4.35. The average molecular weight is 316 g/mol. The quantitative estimate of drug-likeness (QED) is 0.772. The lowest BCUT2D eigenvalue weighted by Gasteiger charge is -2.49. The fourth-order valence-corrected chi connectivity index (χ4v) is 5.28. The van der Waals surface area contributed by atoms with Crippen LogP contribution in [-0.4, -0.2) is 37.7 Å². The summed E-state index contributed by atoms with van der Waals surface area (Å²) < 4.78 is 6.74. The number of ether oxygens (including phenoxy) is 1. The van der Waals surface area contributed by atoms with Gasteiger partial charge in [0.05, 0.1) is 12.2 Å². The molecular weight excluding hydrogens is 282 g/mol. The van der Waals surface area contributed by atoms with Gasteiger partial charge in [0, 0.05) is 18.4 Å². The predicted octanol–water partition coefficient (Wildman–Crippen LogP) is 4.39. The van der Waals surface area contributed by atoms with Gasteiger partial charge in [-0.15, -0.1) is 0 Å². The van der Waals surface area contributed by atoms with Crippen LogP contribution in [0.2, 0.25) is 0 Å². The smallest absolute Gasteiger partial charge is 0.0784 e. The van der Waals surface area contributed by atoms with Crippen LogP contribution in [0.25, 0.3) is 0 Å². The maximum absolute atomic E-state index is 6.74. The molecule has 2 nitrogen and oxygen atoms in total. The highest BCUT2D eigenvalue weighted by molar-refractivity contribution is 5.25. The van der Waals surface area contributed by atoms with Crippen LogP contribution in [-0.2, 0) is 11.2 Å². The van der Waals surface area contributed by atoms with Crippen molar-refractivity contribution in [2.75, 3.05) is 27.2 Å². The van der Waals surface area contributed by atoms with Crippen LogP contribution in [0.4, 0.5) is 0 Å². The minimum Gasteiger partial charge on any atom is -0.373 e. The molecular formula is C21H33NO. The van der Waals surface area contributed by atoms with Gasteiger partial charge in [-0.25, -0.2) is 0 Å². The molecule has 1 aromatic rings. The molecule has 23 heavy (non-hydrogen) atoms. The first kappa shape index (κ1) is 17.0. The van der Waals surface area contributed by atoms with Crippen LogP contribution in [0, 0.1) is 16.7 Å². The first-order valence-electron chi connectivity index (χ1n) is 9.13. The van der Waals surface area contributed by atoms with E-state index in [1.807, 2.05) is 0 Å². The van der Waals surface area contributed by atoms with Crippen LogP contribution < -0.4 is 0 Å². The normalized spacial score (nSPS) is 35.1. The Bertz CT molecular complexity index is 538. The van der Waals surface area contributed by atoms with E-state index in [1.54, 1.807) is 0 Å². The van der Waals surface area contributed by atoms with Crippen LogP contribution in [0.5, 0.6) is 0 Å². The second kappa shape index (κ2) is 5.89. The Labute approximate surface area is 142 Å². The molecule has 0 aromatic heterocycles. The van der Waals surface area contributed by atoms with Gasteiger partial charge in [-0.1, -0.05) is 51.1 Å².